The van der Waals surface area contributed by atoms with Crippen LogP contribution < -0.4 is 14.8 Å². The highest BCUT2D eigenvalue weighted by molar-refractivity contribution is 5.97. The zero-order valence-corrected chi connectivity index (χ0v) is 18.8. The molecule has 2 amide bonds. The van der Waals surface area contributed by atoms with Gasteiger partial charge in [-0.15, -0.1) is 0 Å². The first-order valence-electron chi connectivity index (χ1n) is 10.7. The smallest absolute Gasteiger partial charge is 0.289 e. The zero-order chi connectivity index (χ0) is 22.4. The van der Waals surface area contributed by atoms with Gasteiger partial charge in [0.05, 0.1) is 19.2 Å². The van der Waals surface area contributed by atoms with Crippen molar-refractivity contribution in [2.24, 2.45) is 0 Å². The van der Waals surface area contributed by atoms with E-state index in [4.69, 9.17) is 13.9 Å². The molecule has 1 fully saturated rings. The van der Waals surface area contributed by atoms with Crippen molar-refractivity contribution in [1.82, 2.24) is 10.2 Å². The molecule has 2 aliphatic rings. The van der Waals surface area contributed by atoms with Gasteiger partial charge >= 0.3 is 0 Å². The number of rotatable bonds is 2. The Morgan fingerprint density at radius 2 is 1.90 bits per heavy atom. The number of fused-ring (bicyclic) bond motifs is 1. The third-order valence-electron chi connectivity index (χ3n) is 6.14. The number of amides is 2. The average Bonchev–Trinajstić information content (AvgIpc) is 3.08. The van der Waals surface area contributed by atoms with Gasteiger partial charge < -0.3 is 24.1 Å². The molecule has 0 radical (unpaired) electrons. The number of carbonyl (C=O) groups is 2. The van der Waals surface area contributed by atoms with Crippen LogP contribution in [-0.4, -0.2) is 49.1 Å². The number of carbonyl (C=O) groups excluding carboxylic acids is 2. The summed E-state index contributed by atoms with van der Waals surface area (Å²) in [4.78, 5) is 27.5. The molecule has 2 aromatic rings. The Morgan fingerprint density at radius 3 is 2.52 bits per heavy atom. The Balaban J connectivity index is 1.51. The molecule has 2 aliphatic heterocycles. The maximum atomic E-state index is 13.1. The number of methoxy groups -OCH3 is 1. The molecule has 0 unspecified atom stereocenters. The molecule has 166 valence electrons. The van der Waals surface area contributed by atoms with Gasteiger partial charge in [-0.05, 0) is 25.1 Å². The van der Waals surface area contributed by atoms with E-state index in [0.29, 0.717) is 55.3 Å². The van der Waals surface area contributed by atoms with Gasteiger partial charge in [0, 0.05) is 43.0 Å². The summed E-state index contributed by atoms with van der Waals surface area (Å²) in [6.45, 7) is 9.56. The normalized spacial score (nSPS) is 18.1. The first-order valence-corrected chi connectivity index (χ1v) is 10.7. The van der Waals surface area contributed by atoms with Crippen molar-refractivity contribution in [2.75, 3.05) is 26.7 Å². The van der Waals surface area contributed by atoms with Crippen LogP contribution in [0.25, 0.3) is 0 Å². The van der Waals surface area contributed by atoms with Crippen LogP contribution >= 0.6 is 0 Å². The van der Waals surface area contributed by atoms with E-state index < -0.39 is 5.60 Å². The number of nitrogens with one attached hydrogen (secondary N) is 1. The molecule has 0 atom stereocenters. The quantitative estimate of drug-likeness (QED) is 0.792. The van der Waals surface area contributed by atoms with Gasteiger partial charge in [-0.25, -0.2) is 0 Å². The van der Waals surface area contributed by atoms with Crippen LogP contribution in [0.1, 0.15) is 65.8 Å². The fourth-order valence-electron chi connectivity index (χ4n) is 4.11. The van der Waals surface area contributed by atoms with Crippen LogP contribution in [0.5, 0.6) is 11.5 Å². The summed E-state index contributed by atoms with van der Waals surface area (Å²) < 4.78 is 17.6. The van der Waals surface area contributed by atoms with Crippen molar-refractivity contribution in [3.8, 4) is 11.5 Å². The Bertz CT molecular complexity index is 1010. The molecule has 7 nitrogen and oxygen atoms in total. The third kappa shape index (κ3) is 4.01. The number of benzene rings is 1. The lowest BCUT2D eigenvalue weighted by molar-refractivity contribution is 0.00650. The SMILES string of the molecule is COc1ccc2c(c1)OC1(CCN(C(=O)c3oc(C(C)(C)C)cc3C)CC1)CNC2=O. The van der Waals surface area contributed by atoms with Gasteiger partial charge in [0.2, 0.25) is 0 Å². The van der Waals surface area contributed by atoms with Gasteiger partial charge in [-0.2, -0.15) is 0 Å². The van der Waals surface area contributed by atoms with Crippen LogP contribution in [0.15, 0.2) is 28.7 Å². The Labute approximate surface area is 182 Å². The fraction of sp³-hybridized carbons (Fsp3) is 0.500. The molecule has 1 aromatic heterocycles. The van der Waals surface area contributed by atoms with Crippen LogP contribution in [-0.2, 0) is 5.41 Å². The zero-order valence-electron chi connectivity index (χ0n) is 18.8. The van der Waals surface area contributed by atoms with Gasteiger partial charge in [0.25, 0.3) is 11.8 Å². The predicted molar refractivity (Wildman–Crippen MR) is 116 cm³/mol. The van der Waals surface area contributed by atoms with Crippen molar-refractivity contribution in [3.05, 3.63) is 46.9 Å². The molecule has 3 heterocycles. The molecule has 0 saturated carbocycles. The molecular formula is C24H30N2O5. The van der Waals surface area contributed by atoms with E-state index in [2.05, 4.69) is 26.1 Å². The predicted octanol–water partition coefficient (Wildman–Crippen LogP) is 3.69. The van der Waals surface area contributed by atoms with Gasteiger partial charge in [-0.1, -0.05) is 20.8 Å². The Morgan fingerprint density at radius 1 is 1.19 bits per heavy atom. The number of ether oxygens (including phenoxy) is 2. The van der Waals surface area contributed by atoms with Gasteiger partial charge in [-0.3, -0.25) is 9.59 Å². The number of piperidine rings is 1. The third-order valence-corrected chi connectivity index (χ3v) is 6.14. The lowest BCUT2D eigenvalue weighted by Gasteiger charge is -2.40. The topological polar surface area (TPSA) is 81.0 Å². The van der Waals surface area contributed by atoms with Crippen LogP contribution in [0.4, 0.5) is 0 Å². The highest BCUT2D eigenvalue weighted by Crippen LogP contribution is 2.36. The van der Waals surface area contributed by atoms with Gasteiger partial charge in [0.1, 0.15) is 22.9 Å². The highest BCUT2D eigenvalue weighted by atomic mass is 16.5. The largest absolute Gasteiger partial charge is 0.497 e. The second-order valence-corrected chi connectivity index (χ2v) is 9.49. The molecule has 1 spiro atoms. The molecule has 7 heteroatoms. The first kappa shape index (κ1) is 21.3. The van der Waals surface area contributed by atoms with Crippen molar-refractivity contribution in [3.63, 3.8) is 0 Å². The van der Waals surface area contributed by atoms with Crippen molar-refractivity contribution in [2.45, 2.75) is 51.6 Å². The summed E-state index contributed by atoms with van der Waals surface area (Å²) in [7, 11) is 1.58. The van der Waals surface area contributed by atoms with E-state index in [1.807, 2.05) is 17.9 Å². The fourth-order valence-corrected chi connectivity index (χ4v) is 4.11. The van der Waals surface area contributed by atoms with E-state index >= 15 is 0 Å². The molecule has 0 aliphatic carbocycles. The number of hydrogen-bond donors (Lipinski definition) is 1. The van der Waals surface area contributed by atoms with E-state index in [0.717, 1.165) is 11.3 Å². The minimum atomic E-state index is -0.557. The number of likely N-dealkylation sites (tertiary alicyclic amines) is 1. The molecule has 4 rings (SSSR count). The average molecular weight is 427 g/mol. The van der Waals surface area contributed by atoms with Crippen LogP contribution in [0.3, 0.4) is 0 Å². The summed E-state index contributed by atoms with van der Waals surface area (Å²) >= 11 is 0. The minimum Gasteiger partial charge on any atom is -0.497 e. The maximum Gasteiger partial charge on any atom is 0.289 e. The second-order valence-electron chi connectivity index (χ2n) is 9.49. The lowest BCUT2D eigenvalue weighted by atomic mass is 9.90. The summed E-state index contributed by atoms with van der Waals surface area (Å²) in [6.07, 6.45) is 1.23. The Kier molecular flexibility index (Phi) is 5.23. The monoisotopic (exact) mass is 426 g/mol. The number of furan rings is 1. The second kappa shape index (κ2) is 7.62. The molecule has 1 saturated heterocycles. The number of aryl methyl sites for hydroxylation is 1. The van der Waals surface area contributed by atoms with Gasteiger partial charge in [0.15, 0.2) is 5.76 Å². The molecule has 0 bridgehead atoms. The van der Waals surface area contributed by atoms with Crippen molar-refractivity contribution in [1.29, 1.82) is 0 Å². The molecule has 1 N–H and O–H groups in total. The summed E-state index contributed by atoms with van der Waals surface area (Å²) in [6, 6.07) is 7.17. The van der Waals surface area contributed by atoms with E-state index in [-0.39, 0.29) is 17.2 Å². The van der Waals surface area contributed by atoms with Crippen LogP contribution in [0, 0.1) is 6.92 Å². The number of hydrogen-bond acceptors (Lipinski definition) is 5. The standard InChI is InChI=1S/C24H30N2O5/c1-15-12-19(23(2,3)4)30-20(15)22(28)26-10-8-24(9-11-26)14-25-21(27)17-7-6-16(29-5)13-18(17)31-24/h6-7,12-13H,8-11,14H2,1-5H3,(H,25,27). The summed E-state index contributed by atoms with van der Waals surface area (Å²) in [5.41, 5.74) is 0.640. The lowest BCUT2D eigenvalue weighted by Crippen LogP contribution is -2.54. The first-order chi connectivity index (χ1) is 14.6. The maximum absolute atomic E-state index is 13.1. The molecular weight excluding hydrogens is 396 g/mol. The molecule has 31 heavy (non-hydrogen) atoms. The summed E-state index contributed by atoms with van der Waals surface area (Å²) in [5.74, 6) is 2.12. The van der Waals surface area contributed by atoms with E-state index in [1.165, 1.54) is 0 Å². The van der Waals surface area contributed by atoms with E-state index in [1.54, 1.807) is 25.3 Å². The Hall–Kier alpha value is -2.96. The number of nitrogens with zero attached hydrogens (tertiary/aromatic N) is 1. The van der Waals surface area contributed by atoms with Crippen molar-refractivity contribution >= 4 is 11.8 Å². The summed E-state index contributed by atoms with van der Waals surface area (Å²) in [5, 5.41) is 2.98. The van der Waals surface area contributed by atoms with E-state index in [9.17, 15) is 9.59 Å². The molecule has 1 aromatic carbocycles. The van der Waals surface area contributed by atoms with Crippen molar-refractivity contribution < 1.29 is 23.5 Å². The highest BCUT2D eigenvalue weighted by Gasteiger charge is 2.42. The minimum absolute atomic E-state index is 0.0948. The van der Waals surface area contributed by atoms with Crippen LogP contribution in [0.2, 0.25) is 0 Å².